The quantitative estimate of drug-likeness (QED) is 0.828. The van der Waals surface area contributed by atoms with Crippen molar-refractivity contribution in [1.29, 1.82) is 0 Å². The van der Waals surface area contributed by atoms with Gasteiger partial charge in [0, 0.05) is 18.7 Å². The number of rotatable bonds is 5. The van der Waals surface area contributed by atoms with E-state index in [0.29, 0.717) is 5.92 Å². The Kier molecular flexibility index (Phi) is 3.78. The van der Waals surface area contributed by atoms with Gasteiger partial charge in [-0.3, -0.25) is 0 Å². The largest absolute Gasteiger partial charge is 0.472 e. The second kappa shape index (κ2) is 5.52. The van der Waals surface area contributed by atoms with Crippen molar-refractivity contribution >= 4 is 0 Å². The van der Waals surface area contributed by atoms with Gasteiger partial charge in [0.1, 0.15) is 0 Å². The van der Waals surface area contributed by atoms with Gasteiger partial charge in [-0.15, -0.1) is 0 Å². The minimum absolute atomic E-state index is 0.535. The lowest BCUT2D eigenvalue weighted by Gasteiger charge is -2.12. The molecule has 1 N–H and O–H groups in total. The Hall–Kier alpha value is -1.54. The first kappa shape index (κ1) is 11.0. The second-order valence-electron chi connectivity index (χ2n) is 4.07. The van der Waals surface area contributed by atoms with Gasteiger partial charge < -0.3 is 9.73 Å². The fraction of sp³-hybridized carbons (Fsp3) is 0.286. The highest BCUT2D eigenvalue weighted by molar-refractivity contribution is 5.19. The van der Waals surface area contributed by atoms with Crippen LogP contribution in [-0.2, 0) is 6.54 Å². The van der Waals surface area contributed by atoms with Crippen molar-refractivity contribution in [2.45, 2.75) is 19.4 Å². The van der Waals surface area contributed by atoms with E-state index in [2.05, 4.69) is 42.6 Å². The normalized spacial score (nSPS) is 12.6. The highest BCUT2D eigenvalue weighted by Gasteiger charge is 2.03. The van der Waals surface area contributed by atoms with E-state index in [9.17, 15) is 0 Å². The molecule has 0 bridgehead atoms. The summed E-state index contributed by atoms with van der Waals surface area (Å²) in [7, 11) is 0. The van der Waals surface area contributed by atoms with Gasteiger partial charge in [0.15, 0.2) is 0 Å². The summed E-state index contributed by atoms with van der Waals surface area (Å²) in [6, 6.07) is 12.5. The van der Waals surface area contributed by atoms with Gasteiger partial charge in [-0.25, -0.2) is 0 Å². The molecule has 1 unspecified atom stereocenters. The Balaban J connectivity index is 1.78. The summed E-state index contributed by atoms with van der Waals surface area (Å²) in [5, 5.41) is 3.43. The van der Waals surface area contributed by atoms with Crippen LogP contribution < -0.4 is 5.32 Å². The molecule has 1 aromatic carbocycles. The van der Waals surface area contributed by atoms with Gasteiger partial charge in [-0.05, 0) is 17.5 Å². The standard InChI is InChI=1S/C14H17NO/c1-12(14-5-3-2-4-6-14)9-15-10-13-7-8-16-11-13/h2-8,11-12,15H,9-10H2,1H3. The van der Waals surface area contributed by atoms with Crippen molar-refractivity contribution in [2.24, 2.45) is 0 Å². The SMILES string of the molecule is CC(CNCc1ccoc1)c1ccccc1. The summed E-state index contributed by atoms with van der Waals surface area (Å²) in [6.45, 7) is 4.08. The van der Waals surface area contributed by atoms with Crippen LogP contribution in [0.4, 0.5) is 0 Å². The number of nitrogens with one attached hydrogen (secondary N) is 1. The Morgan fingerprint density at radius 1 is 1.19 bits per heavy atom. The second-order valence-corrected chi connectivity index (χ2v) is 4.07. The summed E-state index contributed by atoms with van der Waals surface area (Å²) in [5.41, 5.74) is 2.57. The molecule has 1 heterocycles. The Labute approximate surface area is 96.3 Å². The molecule has 0 amide bonds. The highest BCUT2D eigenvalue weighted by atomic mass is 16.3. The lowest BCUT2D eigenvalue weighted by atomic mass is 10.0. The van der Waals surface area contributed by atoms with Crippen molar-refractivity contribution in [3.8, 4) is 0 Å². The lowest BCUT2D eigenvalue weighted by Crippen LogP contribution is -2.19. The fourth-order valence-corrected chi connectivity index (χ4v) is 1.73. The third-order valence-corrected chi connectivity index (χ3v) is 2.73. The summed E-state index contributed by atoms with van der Waals surface area (Å²) in [5.74, 6) is 0.535. The zero-order chi connectivity index (χ0) is 11.2. The summed E-state index contributed by atoms with van der Waals surface area (Å²) in [4.78, 5) is 0. The van der Waals surface area contributed by atoms with Crippen molar-refractivity contribution in [3.63, 3.8) is 0 Å². The molecule has 2 heteroatoms. The number of furan rings is 1. The van der Waals surface area contributed by atoms with Crippen molar-refractivity contribution in [2.75, 3.05) is 6.54 Å². The predicted molar refractivity (Wildman–Crippen MR) is 65.3 cm³/mol. The third-order valence-electron chi connectivity index (χ3n) is 2.73. The first-order valence-corrected chi connectivity index (χ1v) is 5.63. The minimum atomic E-state index is 0.535. The molecular formula is C14H17NO. The van der Waals surface area contributed by atoms with Gasteiger partial charge >= 0.3 is 0 Å². The first-order chi connectivity index (χ1) is 7.86. The van der Waals surface area contributed by atoms with Crippen LogP contribution in [-0.4, -0.2) is 6.54 Å². The van der Waals surface area contributed by atoms with Gasteiger partial charge in [0.25, 0.3) is 0 Å². The Morgan fingerprint density at radius 2 is 2.00 bits per heavy atom. The van der Waals surface area contributed by atoms with Crippen LogP contribution in [0, 0.1) is 0 Å². The van der Waals surface area contributed by atoms with Gasteiger partial charge in [-0.1, -0.05) is 37.3 Å². The van der Waals surface area contributed by atoms with Gasteiger partial charge in [-0.2, -0.15) is 0 Å². The molecule has 2 nitrogen and oxygen atoms in total. The number of hydrogen-bond donors (Lipinski definition) is 1. The molecule has 2 aromatic rings. The molecule has 1 atom stereocenters. The molecular weight excluding hydrogens is 198 g/mol. The smallest absolute Gasteiger partial charge is 0.0947 e. The maximum Gasteiger partial charge on any atom is 0.0947 e. The van der Waals surface area contributed by atoms with Crippen LogP contribution in [0.25, 0.3) is 0 Å². The van der Waals surface area contributed by atoms with Crippen LogP contribution >= 0.6 is 0 Å². The van der Waals surface area contributed by atoms with E-state index in [1.54, 1.807) is 12.5 Å². The molecule has 84 valence electrons. The van der Waals surface area contributed by atoms with Crippen LogP contribution in [0.3, 0.4) is 0 Å². The van der Waals surface area contributed by atoms with Gasteiger partial charge in [0.2, 0.25) is 0 Å². The average Bonchev–Trinajstić information content (AvgIpc) is 2.83. The van der Waals surface area contributed by atoms with E-state index < -0.39 is 0 Å². The Morgan fingerprint density at radius 3 is 2.69 bits per heavy atom. The van der Waals surface area contributed by atoms with E-state index in [1.165, 1.54) is 11.1 Å². The maximum atomic E-state index is 5.02. The molecule has 0 saturated heterocycles. The van der Waals surface area contributed by atoms with Crippen LogP contribution in [0.15, 0.2) is 53.3 Å². The van der Waals surface area contributed by atoms with Crippen LogP contribution in [0.2, 0.25) is 0 Å². The third kappa shape index (κ3) is 2.97. The topological polar surface area (TPSA) is 25.2 Å². The Bertz CT molecular complexity index is 394. The number of benzene rings is 1. The molecule has 2 rings (SSSR count). The first-order valence-electron chi connectivity index (χ1n) is 5.63. The molecule has 0 spiro atoms. The lowest BCUT2D eigenvalue weighted by molar-refractivity contribution is 0.557. The average molecular weight is 215 g/mol. The van der Waals surface area contributed by atoms with Crippen LogP contribution in [0.5, 0.6) is 0 Å². The molecule has 0 radical (unpaired) electrons. The van der Waals surface area contributed by atoms with E-state index in [4.69, 9.17) is 4.42 Å². The molecule has 0 aliphatic carbocycles. The molecule has 0 aliphatic rings. The summed E-state index contributed by atoms with van der Waals surface area (Å²) >= 11 is 0. The van der Waals surface area contributed by atoms with Crippen molar-refractivity contribution in [1.82, 2.24) is 5.32 Å². The zero-order valence-corrected chi connectivity index (χ0v) is 9.52. The van der Waals surface area contributed by atoms with E-state index >= 15 is 0 Å². The predicted octanol–water partition coefficient (Wildman–Crippen LogP) is 3.17. The van der Waals surface area contributed by atoms with Gasteiger partial charge in [0.05, 0.1) is 12.5 Å². The molecule has 0 aliphatic heterocycles. The minimum Gasteiger partial charge on any atom is -0.472 e. The number of hydrogen-bond acceptors (Lipinski definition) is 2. The van der Waals surface area contributed by atoms with Crippen molar-refractivity contribution < 1.29 is 4.42 Å². The fourth-order valence-electron chi connectivity index (χ4n) is 1.73. The molecule has 0 saturated carbocycles. The highest BCUT2D eigenvalue weighted by Crippen LogP contribution is 2.13. The molecule has 0 fully saturated rings. The summed E-state index contributed by atoms with van der Waals surface area (Å²) in [6.07, 6.45) is 3.48. The van der Waals surface area contributed by atoms with E-state index in [-0.39, 0.29) is 0 Å². The monoisotopic (exact) mass is 215 g/mol. The maximum absolute atomic E-state index is 5.02. The van der Waals surface area contributed by atoms with E-state index in [1.807, 2.05) is 6.07 Å². The molecule has 1 aromatic heterocycles. The van der Waals surface area contributed by atoms with E-state index in [0.717, 1.165) is 13.1 Å². The summed E-state index contributed by atoms with van der Waals surface area (Å²) < 4.78 is 5.02. The zero-order valence-electron chi connectivity index (χ0n) is 9.52. The van der Waals surface area contributed by atoms with Crippen LogP contribution in [0.1, 0.15) is 24.0 Å². The molecule has 16 heavy (non-hydrogen) atoms. The van der Waals surface area contributed by atoms with Crippen molar-refractivity contribution in [3.05, 3.63) is 60.1 Å².